The van der Waals surface area contributed by atoms with Gasteiger partial charge in [-0.15, -0.1) is 35.3 Å². The van der Waals surface area contributed by atoms with E-state index in [1.54, 1.807) is 17.5 Å². The van der Waals surface area contributed by atoms with E-state index < -0.39 is 10.0 Å². The van der Waals surface area contributed by atoms with Gasteiger partial charge in [-0.25, -0.2) is 13.1 Å². The second-order valence-corrected chi connectivity index (χ2v) is 8.05. The van der Waals surface area contributed by atoms with Crippen LogP contribution in [0.2, 0.25) is 0 Å². The van der Waals surface area contributed by atoms with Crippen LogP contribution in [0.1, 0.15) is 19.8 Å². The Morgan fingerprint density at radius 3 is 2.88 bits per heavy atom. The third-order valence-electron chi connectivity index (χ3n) is 3.29. The van der Waals surface area contributed by atoms with E-state index in [9.17, 15) is 8.42 Å². The van der Waals surface area contributed by atoms with Gasteiger partial charge in [0.15, 0.2) is 5.96 Å². The van der Waals surface area contributed by atoms with Crippen LogP contribution < -0.4 is 15.4 Å². The minimum atomic E-state index is -3.40. The van der Waals surface area contributed by atoms with Crippen molar-refractivity contribution in [3.63, 3.8) is 0 Å². The number of sulfonamides is 1. The van der Waals surface area contributed by atoms with Gasteiger partial charge in [0.25, 0.3) is 0 Å². The minimum Gasteiger partial charge on any atom is -0.376 e. The van der Waals surface area contributed by atoms with Gasteiger partial charge in [-0.3, -0.25) is 4.99 Å². The molecule has 7 nitrogen and oxygen atoms in total. The summed E-state index contributed by atoms with van der Waals surface area (Å²) in [5, 5.41) is 8.01. The highest BCUT2D eigenvalue weighted by atomic mass is 127. The van der Waals surface area contributed by atoms with Gasteiger partial charge in [-0.2, -0.15) is 0 Å². The van der Waals surface area contributed by atoms with Crippen molar-refractivity contribution in [2.24, 2.45) is 4.99 Å². The maximum Gasteiger partial charge on any atom is 0.250 e. The van der Waals surface area contributed by atoms with Crippen LogP contribution >= 0.6 is 35.3 Å². The van der Waals surface area contributed by atoms with E-state index in [-0.39, 0.29) is 30.1 Å². The summed E-state index contributed by atoms with van der Waals surface area (Å²) in [7, 11) is -3.40. The summed E-state index contributed by atoms with van der Waals surface area (Å²) in [6.07, 6.45) is 2.33. The Balaban J connectivity index is 0.00000288. The molecular formula is C14H25IN4O3S2. The monoisotopic (exact) mass is 488 g/mol. The minimum absolute atomic E-state index is 0. The molecule has 0 amide bonds. The van der Waals surface area contributed by atoms with Gasteiger partial charge < -0.3 is 15.4 Å². The molecule has 24 heavy (non-hydrogen) atoms. The third-order valence-corrected chi connectivity index (χ3v) is 6.15. The molecule has 0 bridgehead atoms. The van der Waals surface area contributed by atoms with Crippen molar-refractivity contribution in [1.82, 2.24) is 15.4 Å². The summed E-state index contributed by atoms with van der Waals surface area (Å²) < 4.78 is 32.4. The van der Waals surface area contributed by atoms with E-state index in [0.717, 1.165) is 26.0 Å². The van der Waals surface area contributed by atoms with Crippen molar-refractivity contribution in [3.8, 4) is 0 Å². The largest absolute Gasteiger partial charge is 0.376 e. The normalized spacial score (nSPS) is 18.2. The molecular weight excluding hydrogens is 463 g/mol. The van der Waals surface area contributed by atoms with Crippen LogP contribution in [0.5, 0.6) is 0 Å². The van der Waals surface area contributed by atoms with Crippen molar-refractivity contribution in [1.29, 1.82) is 0 Å². The average Bonchev–Trinajstić information content (AvgIpc) is 3.22. The van der Waals surface area contributed by atoms with Crippen LogP contribution in [-0.2, 0) is 14.8 Å². The third kappa shape index (κ3) is 7.21. The lowest BCUT2D eigenvalue weighted by molar-refractivity contribution is 0.117. The Morgan fingerprint density at radius 1 is 1.42 bits per heavy atom. The fourth-order valence-corrected chi connectivity index (χ4v) is 4.25. The lowest BCUT2D eigenvalue weighted by Crippen LogP contribution is -2.41. The Bertz CT molecular complexity index is 587. The van der Waals surface area contributed by atoms with Crippen molar-refractivity contribution in [2.45, 2.75) is 30.1 Å². The zero-order valence-electron chi connectivity index (χ0n) is 13.7. The molecule has 2 rings (SSSR count). The molecule has 10 heteroatoms. The first kappa shape index (κ1) is 21.6. The standard InChI is InChI=1S/C14H24N4O3S2.HI/c1-2-15-14(17-11-12-5-3-9-21-12)16-7-8-18-23(19,20)13-6-4-10-22-13;/h4,6,10,12,18H,2-3,5,7-9,11H2,1H3,(H2,15,16,17);1H. The second-order valence-electron chi connectivity index (χ2n) is 5.11. The van der Waals surface area contributed by atoms with E-state index in [1.807, 2.05) is 6.92 Å². The molecule has 0 aliphatic carbocycles. The topological polar surface area (TPSA) is 91.8 Å². The summed E-state index contributed by atoms with van der Waals surface area (Å²) in [6, 6.07) is 3.31. The Hall–Kier alpha value is -0.430. The zero-order valence-corrected chi connectivity index (χ0v) is 17.6. The number of aliphatic imine (C=N–C) groups is 1. The average molecular weight is 488 g/mol. The van der Waals surface area contributed by atoms with Gasteiger partial charge in [0.1, 0.15) is 4.21 Å². The molecule has 1 atom stereocenters. The number of halogens is 1. The van der Waals surface area contributed by atoms with Crippen molar-refractivity contribution in [3.05, 3.63) is 17.5 Å². The molecule has 0 radical (unpaired) electrons. The summed E-state index contributed by atoms with van der Waals surface area (Å²) in [5.41, 5.74) is 0. The van der Waals surface area contributed by atoms with Gasteiger partial charge in [0.05, 0.1) is 12.6 Å². The van der Waals surface area contributed by atoms with Gasteiger partial charge in [0, 0.05) is 26.2 Å². The number of guanidine groups is 1. The van der Waals surface area contributed by atoms with Crippen LogP contribution in [0.25, 0.3) is 0 Å². The lowest BCUT2D eigenvalue weighted by atomic mass is 10.2. The Kier molecular flexibility index (Phi) is 10.1. The van der Waals surface area contributed by atoms with Crippen LogP contribution in [0.15, 0.2) is 26.7 Å². The van der Waals surface area contributed by atoms with E-state index >= 15 is 0 Å². The van der Waals surface area contributed by atoms with Gasteiger partial charge >= 0.3 is 0 Å². The number of nitrogens with one attached hydrogen (secondary N) is 3. The van der Waals surface area contributed by atoms with Crippen molar-refractivity contribution >= 4 is 51.3 Å². The highest BCUT2D eigenvalue weighted by Gasteiger charge is 2.15. The highest BCUT2D eigenvalue weighted by Crippen LogP contribution is 2.14. The Morgan fingerprint density at radius 2 is 2.25 bits per heavy atom. The molecule has 0 spiro atoms. The van der Waals surface area contributed by atoms with Gasteiger partial charge in [0.2, 0.25) is 10.0 Å². The first-order valence-electron chi connectivity index (χ1n) is 7.79. The Labute approximate surface area is 164 Å². The van der Waals surface area contributed by atoms with Crippen LogP contribution in [0.4, 0.5) is 0 Å². The zero-order chi connectivity index (χ0) is 16.5. The van der Waals surface area contributed by atoms with Gasteiger partial charge in [-0.1, -0.05) is 6.07 Å². The molecule has 1 aromatic rings. The molecule has 0 aromatic carbocycles. The number of nitrogens with zero attached hydrogens (tertiary/aromatic N) is 1. The van der Waals surface area contributed by atoms with E-state index in [2.05, 4.69) is 20.3 Å². The molecule has 1 saturated heterocycles. The van der Waals surface area contributed by atoms with E-state index in [0.29, 0.717) is 29.8 Å². The molecule has 3 N–H and O–H groups in total. The quantitative estimate of drug-likeness (QED) is 0.223. The van der Waals surface area contributed by atoms with Crippen molar-refractivity contribution < 1.29 is 13.2 Å². The highest BCUT2D eigenvalue weighted by molar-refractivity contribution is 14.0. The summed E-state index contributed by atoms with van der Waals surface area (Å²) in [4.78, 5) is 4.47. The fraction of sp³-hybridized carbons (Fsp3) is 0.643. The molecule has 1 unspecified atom stereocenters. The number of ether oxygens (including phenoxy) is 1. The van der Waals surface area contributed by atoms with Crippen LogP contribution in [0.3, 0.4) is 0 Å². The summed E-state index contributed by atoms with van der Waals surface area (Å²) >= 11 is 1.20. The number of thiophene rings is 1. The number of rotatable bonds is 8. The molecule has 1 fully saturated rings. The van der Waals surface area contributed by atoms with Gasteiger partial charge in [-0.05, 0) is 31.2 Å². The molecule has 0 saturated carbocycles. The molecule has 1 aromatic heterocycles. The predicted octanol–water partition coefficient (Wildman–Crippen LogP) is 1.38. The first-order valence-corrected chi connectivity index (χ1v) is 10.1. The molecule has 2 heterocycles. The van der Waals surface area contributed by atoms with E-state index in [1.165, 1.54) is 11.3 Å². The maximum absolute atomic E-state index is 12.0. The molecule has 138 valence electrons. The lowest BCUT2D eigenvalue weighted by Gasteiger charge is -2.13. The predicted molar refractivity (Wildman–Crippen MR) is 108 cm³/mol. The number of hydrogen-bond acceptors (Lipinski definition) is 5. The summed E-state index contributed by atoms with van der Waals surface area (Å²) in [6.45, 7) is 4.93. The van der Waals surface area contributed by atoms with Crippen molar-refractivity contribution in [2.75, 3.05) is 32.8 Å². The molecule has 1 aliphatic heterocycles. The van der Waals surface area contributed by atoms with E-state index in [4.69, 9.17) is 4.74 Å². The second kappa shape index (κ2) is 11.2. The van der Waals surface area contributed by atoms with Crippen LogP contribution in [0, 0.1) is 0 Å². The summed E-state index contributed by atoms with van der Waals surface area (Å²) in [5.74, 6) is 0.679. The fourth-order valence-electron chi connectivity index (χ4n) is 2.18. The first-order chi connectivity index (χ1) is 11.1. The molecule has 1 aliphatic rings. The smallest absolute Gasteiger partial charge is 0.250 e. The SMILES string of the molecule is CCNC(=NCC1CCCO1)NCCNS(=O)(=O)c1cccs1.I. The van der Waals surface area contributed by atoms with Crippen LogP contribution in [-0.4, -0.2) is 53.3 Å². The maximum atomic E-state index is 12.0. The number of hydrogen-bond donors (Lipinski definition) is 3.